The van der Waals surface area contributed by atoms with Gasteiger partial charge >= 0.3 is 0 Å². The van der Waals surface area contributed by atoms with E-state index in [0.717, 1.165) is 41.5 Å². The van der Waals surface area contributed by atoms with Crippen LogP contribution in [0.3, 0.4) is 0 Å². The van der Waals surface area contributed by atoms with E-state index in [9.17, 15) is 0 Å². The predicted octanol–water partition coefficient (Wildman–Crippen LogP) is 3.29. The summed E-state index contributed by atoms with van der Waals surface area (Å²) in [6.07, 6.45) is 3.18. The van der Waals surface area contributed by atoms with Crippen LogP contribution in [0.2, 0.25) is 5.02 Å². The lowest BCUT2D eigenvalue weighted by Gasteiger charge is -2.50. The number of fused-ring (bicyclic) bond motifs is 1. The van der Waals surface area contributed by atoms with E-state index < -0.39 is 0 Å². The van der Waals surface area contributed by atoms with Gasteiger partial charge < -0.3 is 10.5 Å². The molecule has 3 heteroatoms. The summed E-state index contributed by atoms with van der Waals surface area (Å²) in [5.41, 5.74) is 7.27. The second kappa shape index (κ2) is 3.38. The van der Waals surface area contributed by atoms with Gasteiger partial charge in [-0.15, -0.1) is 0 Å². The summed E-state index contributed by atoms with van der Waals surface area (Å²) in [6.45, 7) is 2.26. The molecule has 1 aromatic rings. The molecule has 0 bridgehead atoms. The fourth-order valence-electron chi connectivity index (χ4n) is 3.15. The predicted molar refractivity (Wildman–Crippen MR) is 64.8 cm³/mol. The monoisotopic (exact) mass is 237 g/mol. The first-order valence-corrected chi connectivity index (χ1v) is 6.20. The molecule has 1 saturated carbocycles. The third-order valence-corrected chi connectivity index (χ3v) is 3.97. The van der Waals surface area contributed by atoms with E-state index in [1.165, 1.54) is 0 Å². The SMILES string of the molecule is CC1CC2(C1)C[C@@H](N)c1cc(Cl)ccc1O2. The van der Waals surface area contributed by atoms with Crippen molar-refractivity contribution >= 4 is 11.6 Å². The van der Waals surface area contributed by atoms with Gasteiger partial charge in [-0.1, -0.05) is 18.5 Å². The van der Waals surface area contributed by atoms with Crippen LogP contribution in [0.5, 0.6) is 5.75 Å². The molecule has 16 heavy (non-hydrogen) atoms. The topological polar surface area (TPSA) is 35.2 Å². The van der Waals surface area contributed by atoms with Crippen molar-refractivity contribution in [2.24, 2.45) is 11.7 Å². The van der Waals surface area contributed by atoms with E-state index in [0.29, 0.717) is 0 Å². The van der Waals surface area contributed by atoms with E-state index >= 15 is 0 Å². The van der Waals surface area contributed by atoms with Crippen molar-refractivity contribution in [1.29, 1.82) is 0 Å². The summed E-state index contributed by atoms with van der Waals surface area (Å²) in [4.78, 5) is 0. The van der Waals surface area contributed by atoms with E-state index in [1.807, 2.05) is 18.2 Å². The number of nitrogens with two attached hydrogens (primary N) is 1. The Labute approximate surface area is 101 Å². The third-order valence-electron chi connectivity index (χ3n) is 3.73. The zero-order valence-electron chi connectivity index (χ0n) is 9.37. The Morgan fingerprint density at radius 3 is 2.81 bits per heavy atom. The normalized spacial score (nSPS) is 36.4. The van der Waals surface area contributed by atoms with Gasteiger partial charge in [0.25, 0.3) is 0 Å². The number of halogens is 1. The summed E-state index contributed by atoms with van der Waals surface area (Å²) < 4.78 is 6.11. The van der Waals surface area contributed by atoms with Crippen molar-refractivity contribution in [1.82, 2.24) is 0 Å². The molecule has 2 aliphatic rings. The van der Waals surface area contributed by atoms with Gasteiger partial charge in [-0.05, 0) is 37.0 Å². The molecule has 1 atom stereocenters. The lowest BCUT2D eigenvalue weighted by Crippen LogP contribution is -2.52. The van der Waals surface area contributed by atoms with Gasteiger partial charge in [0.1, 0.15) is 11.4 Å². The summed E-state index contributed by atoms with van der Waals surface area (Å²) >= 11 is 5.97. The van der Waals surface area contributed by atoms with E-state index in [4.69, 9.17) is 22.1 Å². The van der Waals surface area contributed by atoms with Gasteiger partial charge in [0, 0.05) is 23.0 Å². The fourth-order valence-corrected chi connectivity index (χ4v) is 3.33. The molecule has 1 aliphatic heterocycles. The Morgan fingerprint density at radius 2 is 2.12 bits per heavy atom. The Bertz CT molecular complexity index is 426. The summed E-state index contributed by atoms with van der Waals surface area (Å²) in [7, 11) is 0. The van der Waals surface area contributed by atoms with Crippen LogP contribution in [0.25, 0.3) is 0 Å². The first kappa shape index (κ1) is 10.4. The molecule has 3 rings (SSSR count). The summed E-state index contributed by atoms with van der Waals surface area (Å²) in [5.74, 6) is 1.69. The smallest absolute Gasteiger partial charge is 0.125 e. The molecule has 1 heterocycles. The largest absolute Gasteiger partial charge is 0.487 e. The lowest BCUT2D eigenvalue weighted by molar-refractivity contribution is -0.0657. The molecule has 0 radical (unpaired) electrons. The van der Waals surface area contributed by atoms with Crippen molar-refractivity contribution in [3.05, 3.63) is 28.8 Å². The minimum absolute atomic E-state index is 0.0136. The highest BCUT2D eigenvalue weighted by Gasteiger charge is 2.48. The molecule has 0 aromatic heterocycles. The highest BCUT2D eigenvalue weighted by Crippen LogP contribution is 2.50. The van der Waals surface area contributed by atoms with Crippen molar-refractivity contribution in [2.75, 3.05) is 0 Å². The number of hydrogen-bond donors (Lipinski definition) is 1. The molecule has 0 saturated heterocycles. The van der Waals surface area contributed by atoms with Crippen LogP contribution in [-0.4, -0.2) is 5.60 Å². The Balaban J connectivity index is 1.94. The average molecular weight is 238 g/mol. The van der Waals surface area contributed by atoms with E-state index in [-0.39, 0.29) is 11.6 Å². The van der Waals surface area contributed by atoms with Crippen molar-refractivity contribution in [3.8, 4) is 5.75 Å². The maximum atomic E-state index is 6.21. The van der Waals surface area contributed by atoms with Crippen LogP contribution in [0.15, 0.2) is 18.2 Å². The molecule has 2 N–H and O–H groups in total. The lowest BCUT2D eigenvalue weighted by atomic mass is 9.67. The third kappa shape index (κ3) is 1.52. The summed E-state index contributed by atoms with van der Waals surface area (Å²) in [6, 6.07) is 5.81. The Hall–Kier alpha value is -0.730. The quantitative estimate of drug-likeness (QED) is 0.752. The molecular weight excluding hydrogens is 222 g/mol. The first-order chi connectivity index (χ1) is 7.58. The van der Waals surface area contributed by atoms with Gasteiger partial charge in [-0.2, -0.15) is 0 Å². The molecule has 1 spiro atoms. The second-order valence-electron chi connectivity index (χ2n) is 5.29. The summed E-state index contributed by atoms with van der Waals surface area (Å²) in [5, 5.41) is 0.732. The van der Waals surface area contributed by atoms with Crippen molar-refractivity contribution in [3.63, 3.8) is 0 Å². The highest BCUT2D eigenvalue weighted by atomic mass is 35.5. The maximum Gasteiger partial charge on any atom is 0.125 e. The fraction of sp³-hybridized carbons (Fsp3) is 0.538. The molecule has 1 aliphatic carbocycles. The first-order valence-electron chi connectivity index (χ1n) is 5.82. The molecule has 1 fully saturated rings. The van der Waals surface area contributed by atoms with Crippen LogP contribution in [0.4, 0.5) is 0 Å². The van der Waals surface area contributed by atoms with Gasteiger partial charge in [-0.25, -0.2) is 0 Å². The van der Waals surface area contributed by atoms with E-state index in [2.05, 4.69) is 6.92 Å². The van der Waals surface area contributed by atoms with Crippen LogP contribution < -0.4 is 10.5 Å². The number of ether oxygens (including phenoxy) is 1. The molecule has 2 nitrogen and oxygen atoms in total. The van der Waals surface area contributed by atoms with Crippen molar-refractivity contribution < 1.29 is 4.74 Å². The zero-order chi connectivity index (χ0) is 11.3. The average Bonchev–Trinajstić information content (AvgIpc) is 2.17. The second-order valence-corrected chi connectivity index (χ2v) is 5.73. The standard InChI is InChI=1S/C13H16ClNO/c1-8-5-13(6-8)7-11(15)10-4-9(14)2-3-12(10)16-13/h2-4,8,11H,5-7,15H2,1H3/t8?,11-,13?/m1/s1. The van der Waals surface area contributed by atoms with Gasteiger partial charge in [0.05, 0.1) is 0 Å². The Kier molecular flexibility index (Phi) is 2.20. The Morgan fingerprint density at radius 1 is 1.38 bits per heavy atom. The van der Waals surface area contributed by atoms with Crippen molar-refractivity contribution in [2.45, 2.75) is 37.8 Å². The molecule has 0 unspecified atom stereocenters. The van der Waals surface area contributed by atoms with Crippen LogP contribution >= 0.6 is 11.6 Å². The van der Waals surface area contributed by atoms with Gasteiger partial charge in [-0.3, -0.25) is 0 Å². The minimum atomic E-state index is 0.0136. The molecule has 1 aromatic carbocycles. The van der Waals surface area contributed by atoms with E-state index in [1.54, 1.807) is 0 Å². The minimum Gasteiger partial charge on any atom is -0.487 e. The maximum absolute atomic E-state index is 6.21. The van der Waals surface area contributed by atoms with Gasteiger partial charge in [0.15, 0.2) is 0 Å². The molecule has 86 valence electrons. The van der Waals surface area contributed by atoms with Crippen LogP contribution in [-0.2, 0) is 0 Å². The van der Waals surface area contributed by atoms with Crippen LogP contribution in [0.1, 0.15) is 37.8 Å². The van der Waals surface area contributed by atoms with Crippen LogP contribution in [0, 0.1) is 5.92 Å². The number of rotatable bonds is 0. The molecular formula is C13H16ClNO. The zero-order valence-corrected chi connectivity index (χ0v) is 10.1. The van der Waals surface area contributed by atoms with Gasteiger partial charge in [0.2, 0.25) is 0 Å². The number of hydrogen-bond acceptors (Lipinski definition) is 2. The molecule has 0 amide bonds. The highest BCUT2D eigenvalue weighted by molar-refractivity contribution is 6.30. The number of benzene rings is 1.